The summed E-state index contributed by atoms with van der Waals surface area (Å²) in [5, 5.41) is 0. The number of hydrogen-bond acceptors (Lipinski definition) is 2. The summed E-state index contributed by atoms with van der Waals surface area (Å²) in [6.45, 7) is 1.22. The van der Waals surface area contributed by atoms with Gasteiger partial charge >= 0.3 is 11.9 Å². The van der Waals surface area contributed by atoms with Gasteiger partial charge in [0.1, 0.15) is 0 Å². The number of hydrogen-bond donors (Lipinski definition) is 0. The first-order chi connectivity index (χ1) is 4.04. The van der Waals surface area contributed by atoms with Crippen molar-refractivity contribution in [1.29, 1.82) is 0 Å². The SMILES string of the molecule is CCC(F)(F)C(=O)OC. The molecule has 0 aliphatic carbocycles. The molecule has 0 N–H and O–H groups in total. The Kier molecular flexibility index (Phi) is 2.55. The van der Waals surface area contributed by atoms with Gasteiger partial charge in [-0.15, -0.1) is 0 Å². The van der Waals surface area contributed by atoms with E-state index in [9.17, 15) is 13.6 Å². The van der Waals surface area contributed by atoms with E-state index >= 15 is 0 Å². The van der Waals surface area contributed by atoms with Gasteiger partial charge in [-0.2, -0.15) is 8.78 Å². The van der Waals surface area contributed by atoms with E-state index in [-0.39, 0.29) is 0 Å². The van der Waals surface area contributed by atoms with Crippen LogP contribution in [0.3, 0.4) is 0 Å². The lowest BCUT2D eigenvalue weighted by Crippen LogP contribution is -2.28. The van der Waals surface area contributed by atoms with Crippen molar-refractivity contribution in [1.82, 2.24) is 0 Å². The van der Waals surface area contributed by atoms with Crippen LogP contribution in [-0.4, -0.2) is 19.0 Å². The van der Waals surface area contributed by atoms with Crippen LogP contribution < -0.4 is 0 Å². The molecule has 0 aromatic rings. The Morgan fingerprint density at radius 1 is 1.67 bits per heavy atom. The van der Waals surface area contributed by atoms with Gasteiger partial charge in [0.05, 0.1) is 7.11 Å². The van der Waals surface area contributed by atoms with E-state index in [0.29, 0.717) is 0 Å². The van der Waals surface area contributed by atoms with Crippen LogP contribution in [0.25, 0.3) is 0 Å². The third kappa shape index (κ3) is 1.95. The van der Waals surface area contributed by atoms with E-state index < -0.39 is 18.3 Å². The number of methoxy groups -OCH3 is 1. The Hall–Kier alpha value is -0.670. The first kappa shape index (κ1) is 8.33. The highest BCUT2D eigenvalue weighted by molar-refractivity contribution is 5.77. The number of esters is 1. The fourth-order valence-electron chi connectivity index (χ4n) is 0.294. The molecule has 0 saturated carbocycles. The Bertz CT molecular complexity index is 112. The molecule has 0 atom stereocenters. The number of halogens is 2. The third-order valence-corrected chi connectivity index (χ3v) is 0.928. The van der Waals surface area contributed by atoms with E-state index in [4.69, 9.17) is 0 Å². The summed E-state index contributed by atoms with van der Waals surface area (Å²) in [5.74, 6) is -4.78. The number of carbonyl (C=O) groups is 1. The van der Waals surface area contributed by atoms with E-state index in [1.807, 2.05) is 0 Å². The molecule has 4 heteroatoms. The van der Waals surface area contributed by atoms with Crippen molar-refractivity contribution in [3.8, 4) is 0 Å². The topological polar surface area (TPSA) is 26.3 Å². The van der Waals surface area contributed by atoms with Gasteiger partial charge in [0, 0.05) is 6.42 Å². The highest BCUT2D eigenvalue weighted by Crippen LogP contribution is 2.18. The monoisotopic (exact) mass is 138 g/mol. The average molecular weight is 138 g/mol. The Morgan fingerprint density at radius 3 is 2.22 bits per heavy atom. The quantitative estimate of drug-likeness (QED) is 0.536. The average Bonchev–Trinajstić information content (AvgIpc) is 1.86. The second kappa shape index (κ2) is 2.75. The molecular weight excluding hydrogens is 130 g/mol. The van der Waals surface area contributed by atoms with Gasteiger partial charge in [0.15, 0.2) is 0 Å². The summed E-state index contributed by atoms with van der Waals surface area (Å²) in [6, 6.07) is 0. The number of alkyl halides is 2. The molecular formula is C5H8F2O2. The fourth-order valence-corrected chi connectivity index (χ4v) is 0.294. The maximum Gasteiger partial charge on any atom is 0.376 e. The van der Waals surface area contributed by atoms with E-state index in [0.717, 1.165) is 7.11 Å². The molecule has 0 saturated heterocycles. The molecule has 54 valence electrons. The second-order valence-corrected chi connectivity index (χ2v) is 1.55. The van der Waals surface area contributed by atoms with Crippen LogP contribution in [-0.2, 0) is 9.53 Å². The van der Waals surface area contributed by atoms with Gasteiger partial charge < -0.3 is 4.74 Å². The number of ether oxygens (including phenoxy) is 1. The van der Waals surface area contributed by atoms with Crippen molar-refractivity contribution in [3.05, 3.63) is 0 Å². The highest BCUT2D eigenvalue weighted by atomic mass is 19.3. The van der Waals surface area contributed by atoms with E-state index in [2.05, 4.69) is 4.74 Å². The van der Waals surface area contributed by atoms with Gasteiger partial charge in [-0.1, -0.05) is 6.92 Å². The van der Waals surface area contributed by atoms with Gasteiger partial charge in [0.25, 0.3) is 0 Å². The van der Waals surface area contributed by atoms with Crippen molar-refractivity contribution >= 4 is 5.97 Å². The summed E-state index contributed by atoms with van der Waals surface area (Å²) in [6.07, 6.45) is -0.514. The zero-order valence-electron chi connectivity index (χ0n) is 5.28. The molecule has 0 aliphatic rings. The molecule has 0 spiro atoms. The van der Waals surface area contributed by atoms with Crippen LogP contribution in [0, 0.1) is 0 Å². The van der Waals surface area contributed by atoms with Crippen LogP contribution in [0.1, 0.15) is 13.3 Å². The van der Waals surface area contributed by atoms with E-state index in [1.54, 1.807) is 0 Å². The van der Waals surface area contributed by atoms with Gasteiger partial charge in [-0.25, -0.2) is 4.79 Å². The summed E-state index contributed by atoms with van der Waals surface area (Å²) in [4.78, 5) is 10.1. The lowest BCUT2D eigenvalue weighted by Gasteiger charge is -2.09. The molecule has 0 radical (unpaired) electrons. The number of carbonyl (C=O) groups excluding carboxylic acids is 1. The molecule has 0 aromatic carbocycles. The summed E-state index contributed by atoms with van der Waals surface area (Å²) in [5.41, 5.74) is 0. The van der Waals surface area contributed by atoms with Crippen LogP contribution >= 0.6 is 0 Å². The fraction of sp³-hybridized carbons (Fsp3) is 0.800. The summed E-state index contributed by atoms with van der Waals surface area (Å²) < 4.78 is 28.0. The molecule has 0 bridgehead atoms. The van der Waals surface area contributed by atoms with E-state index in [1.165, 1.54) is 6.92 Å². The lowest BCUT2D eigenvalue weighted by atomic mass is 10.3. The Morgan fingerprint density at radius 2 is 2.11 bits per heavy atom. The minimum Gasteiger partial charge on any atom is -0.465 e. The normalized spacial score (nSPS) is 11.1. The van der Waals surface area contributed by atoms with Crippen LogP contribution in [0.4, 0.5) is 8.78 Å². The first-order valence-electron chi connectivity index (χ1n) is 2.51. The smallest absolute Gasteiger partial charge is 0.376 e. The van der Waals surface area contributed by atoms with Crippen LogP contribution in [0.15, 0.2) is 0 Å². The molecule has 0 heterocycles. The predicted octanol–water partition coefficient (Wildman–Crippen LogP) is 1.20. The summed E-state index contributed by atoms with van der Waals surface area (Å²) in [7, 11) is 0.936. The molecule has 0 amide bonds. The largest absolute Gasteiger partial charge is 0.465 e. The van der Waals surface area contributed by atoms with Gasteiger partial charge in [-0.3, -0.25) is 0 Å². The third-order valence-electron chi connectivity index (χ3n) is 0.928. The zero-order chi connectivity index (χ0) is 7.49. The maximum absolute atomic E-state index is 12.1. The molecule has 0 fully saturated rings. The Balaban J connectivity index is 3.97. The molecule has 9 heavy (non-hydrogen) atoms. The molecule has 0 unspecified atom stereocenters. The van der Waals surface area contributed by atoms with Crippen molar-refractivity contribution in [2.75, 3.05) is 7.11 Å². The molecule has 0 rings (SSSR count). The minimum absolute atomic E-state index is 0.514. The molecule has 2 nitrogen and oxygen atoms in total. The highest BCUT2D eigenvalue weighted by Gasteiger charge is 2.37. The second-order valence-electron chi connectivity index (χ2n) is 1.55. The van der Waals surface area contributed by atoms with Gasteiger partial charge in [-0.05, 0) is 0 Å². The van der Waals surface area contributed by atoms with Crippen LogP contribution in [0.5, 0.6) is 0 Å². The van der Waals surface area contributed by atoms with Crippen LogP contribution in [0.2, 0.25) is 0 Å². The first-order valence-corrected chi connectivity index (χ1v) is 2.51. The zero-order valence-corrected chi connectivity index (χ0v) is 5.28. The summed E-state index contributed by atoms with van der Waals surface area (Å²) >= 11 is 0. The maximum atomic E-state index is 12.1. The Labute approximate surface area is 51.8 Å². The van der Waals surface area contributed by atoms with Gasteiger partial charge in [0.2, 0.25) is 0 Å². The number of rotatable bonds is 2. The van der Waals surface area contributed by atoms with Crippen molar-refractivity contribution in [2.24, 2.45) is 0 Å². The molecule has 0 aliphatic heterocycles. The van der Waals surface area contributed by atoms with Crippen molar-refractivity contribution < 1.29 is 18.3 Å². The predicted molar refractivity (Wildman–Crippen MR) is 27.3 cm³/mol. The van der Waals surface area contributed by atoms with Crippen molar-refractivity contribution in [3.63, 3.8) is 0 Å². The van der Waals surface area contributed by atoms with Crippen molar-refractivity contribution in [2.45, 2.75) is 19.3 Å². The standard InChI is InChI=1S/C5H8F2O2/c1-3-5(6,7)4(8)9-2/h3H2,1-2H3. The lowest BCUT2D eigenvalue weighted by molar-refractivity contribution is -0.168. The minimum atomic E-state index is -3.31. The molecule has 0 aromatic heterocycles.